The van der Waals surface area contributed by atoms with Gasteiger partial charge in [0.2, 0.25) is 5.78 Å². The second-order valence-corrected chi connectivity index (χ2v) is 7.75. The molecular weight excluding hydrogens is 378 g/mol. The number of nitrogens with zero attached hydrogens (tertiary/aromatic N) is 1. The molecule has 1 saturated heterocycles. The monoisotopic (exact) mass is 399 g/mol. The molecule has 0 spiro atoms. The summed E-state index contributed by atoms with van der Waals surface area (Å²) in [5.41, 5.74) is 0.759. The average Bonchev–Trinajstić information content (AvgIpc) is 3.46. The minimum atomic E-state index is -0.720. The fraction of sp³-hybridized carbons (Fsp3) is 0.333. The standard InChI is InChI=1S/C21H21NO5S/c1-26-15-8-3-2-7-14(15)18-17(19(23)16-9-5-11-28-16)20(24)21(25)22(18)12-13-6-4-10-27-13/h2-3,5,7-9,11,13,18,24H,4,6,10,12H2,1H3/t13-,18+/m1/s1. The molecule has 7 heteroatoms. The summed E-state index contributed by atoms with van der Waals surface area (Å²) in [6.07, 6.45) is 1.68. The first-order valence-corrected chi connectivity index (χ1v) is 10.1. The molecule has 1 aromatic carbocycles. The molecule has 0 bridgehead atoms. The summed E-state index contributed by atoms with van der Waals surface area (Å²) in [6, 6.07) is 10.0. The van der Waals surface area contributed by atoms with E-state index in [1.807, 2.05) is 18.2 Å². The lowest BCUT2D eigenvalue weighted by Crippen LogP contribution is -2.37. The second kappa shape index (κ2) is 7.77. The Kier molecular flexibility index (Phi) is 5.19. The second-order valence-electron chi connectivity index (χ2n) is 6.81. The number of Topliss-reactive ketones (excluding diaryl/α,β-unsaturated/α-hetero) is 1. The van der Waals surface area contributed by atoms with Gasteiger partial charge in [0.25, 0.3) is 5.91 Å². The average molecular weight is 399 g/mol. The van der Waals surface area contributed by atoms with E-state index in [2.05, 4.69) is 0 Å². The predicted molar refractivity (Wildman–Crippen MR) is 105 cm³/mol. The molecule has 146 valence electrons. The third-order valence-electron chi connectivity index (χ3n) is 5.15. The Morgan fingerprint density at radius 3 is 2.82 bits per heavy atom. The number of ketones is 1. The number of methoxy groups -OCH3 is 1. The Bertz CT molecular complexity index is 915. The normalized spacial score (nSPS) is 22.2. The maximum absolute atomic E-state index is 13.2. The summed E-state index contributed by atoms with van der Waals surface area (Å²) in [6.45, 7) is 0.971. The molecule has 2 atom stereocenters. The third kappa shape index (κ3) is 3.21. The number of carbonyl (C=O) groups is 2. The highest BCUT2D eigenvalue weighted by Crippen LogP contribution is 2.43. The molecule has 0 radical (unpaired) electrons. The molecule has 4 rings (SSSR count). The quantitative estimate of drug-likeness (QED) is 0.753. The van der Waals surface area contributed by atoms with Crippen LogP contribution in [0.4, 0.5) is 0 Å². The summed E-state index contributed by atoms with van der Waals surface area (Å²) in [7, 11) is 1.55. The van der Waals surface area contributed by atoms with Gasteiger partial charge >= 0.3 is 0 Å². The van der Waals surface area contributed by atoms with Crippen molar-refractivity contribution in [1.29, 1.82) is 0 Å². The van der Waals surface area contributed by atoms with Crippen molar-refractivity contribution in [2.45, 2.75) is 25.0 Å². The van der Waals surface area contributed by atoms with Crippen LogP contribution in [0.5, 0.6) is 5.75 Å². The van der Waals surface area contributed by atoms with E-state index in [0.717, 1.165) is 12.8 Å². The number of aliphatic hydroxyl groups excluding tert-OH is 1. The lowest BCUT2D eigenvalue weighted by Gasteiger charge is -2.29. The van der Waals surface area contributed by atoms with E-state index in [-0.39, 0.29) is 17.5 Å². The maximum atomic E-state index is 13.2. The summed E-state index contributed by atoms with van der Waals surface area (Å²) < 4.78 is 11.2. The Morgan fingerprint density at radius 1 is 1.32 bits per heavy atom. The van der Waals surface area contributed by atoms with Gasteiger partial charge in [-0.25, -0.2) is 0 Å². The molecule has 1 N–H and O–H groups in total. The van der Waals surface area contributed by atoms with E-state index in [9.17, 15) is 14.7 Å². The van der Waals surface area contributed by atoms with E-state index >= 15 is 0 Å². The lowest BCUT2D eigenvalue weighted by molar-refractivity contribution is -0.131. The highest BCUT2D eigenvalue weighted by atomic mass is 32.1. The highest BCUT2D eigenvalue weighted by molar-refractivity contribution is 7.12. The molecular formula is C21H21NO5S. The minimum Gasteiger partial charge on any atom is -0.503 e. The Balaban J connectivity index is 1.80. The lowest BCUT2D eigenvalue weighted by atomic mass is 9.94. The van der Waals surface area contributed by atoms with E-state index in [1.54, 1.807) is 30.7 Å². The van der Waals surface area contributed by atoms with Crippen molar-refractivity contribution in [2.24, 2.45) is 0 Å². The van der Waals surface area contributed by atoms with Crippen LogP contribution in [-0.2, 0) is 9.53 Å². The number of benzene rings is 1. The SMILES string of the molecule is COc1ccccc1[C@H]1C(C(=O)c2cccs2)=C(O)C(=O)N1C[C@H]1CCCO1. The van der Waals surface area contributed by atoms with Crippen molar-refractivity contribution in [3.63, 3.8) is 0 Å². The molecule has 1 amide bonds. The van der Waals surface area contributed by atoms with Crippen LogP contribution in [0, 0.1) is 0 Å². The Hall–Kier alpha value is -2.64. The van der Waals surface area contributed by atoms with Crippen molar-refractivity contribution < 1.29 is 24.2 Å². The summed E-state index contributed by atoms with van der Waals surface area (Å²) in [4.78, 5) is 28.1. The van der Waals surface area contributed by atoms with Gasteiger partial charge in [-0.15, -0.1) is 11.3 Å². The first kappa shape index (κ1) is 18.7. The van der Waals surface area contributed by atoms with E-state index in [4.69, 9.17) is 9.47 Å². The van der Waals surface area contributed by atoms with Gasteiger partial charge in [0.1, 0.15) is 5.75 Å². The van der Waals surface area contributed by atoms with Gasteiger partial charge in [-0.3, -0.25) is 9.59 Å². The molecule has 28 heavy (non-hydrogen) atoms. The topological polar surface area (TPSA) is 76.1 Å². The van der Waals surface area contributed by atoms with Crippen LogP contribution in [0.25, 0.3) is 0 Å². The summed E-state index contributed by atoms with van der Waals surface area (Å²) in [5, 5.41) is 12.5. The molecule has 0 unspecified atom stereocenters. The van der Waals surface area contributed by atoms with Crippen LogP contribution in [0.1, 0.15) is 34.1 Å². The molecule has 0 saturated carbocycles. The van der Waals surface area contributed by atoms with Crippen molar-refractivity contribution in [3.8, 4) is 5.75 Å². The van der Waals surface area contributed by atoms with E-state index < -0.39 is 17.7 Å². The van der Waals surface area contributed by atoms with Crippen LogP contribution in [-0.4, -0.2) is 48.1 Å². The summed E-state index contributed by atoms with van der Waals surface area (Å²) >= 11 is 1.28. The number of para-hydroxylation sites is 1. The molecule has 1 fully saturated rings. The molecule has 2 aliphatic heterocycles. The van der Waals surface area contributed by atoms with Gasteiger partial charge in [-0.1, -0.05) is 24.3 Å². The van der Waals surface area contributed by atoms with Gasteiger partial charge in [0.15, 0.2) is 5.76 Å². The first-order valence-electron chi connectivity index (χ1n) is 9.18. The highest BCUT2D eigenvalue weighted by Gasteiger charge is 2.45. The van der Waals surface area contributed by atoms with Crippen LogP contribution in [0.2, 0.25) is 0 Å². The van der Waals surface area contributed by atoms with E-state index in [1.165, 1.54) is 16.2 Å². The smallest absolute Gasteiger partial charge is 0.290 e. The number of hydrogen-bond donors (Lipinski definition) is 1. The van der Waals surface area contributed by atoms with E-state index in [0.29, 0.717) is 29.3 Å². The zero-order valence-corrected chi connectivity index (χ0v) is 16.3. The number of aliphatic hydroxyl groups is 1. The van der Waals surface area contributed by atoms with Crippen LogP contribution < -0.4 is 4.74 Å². The zero-order valence-electron chi connectivity index (χ0n) is 15.5. The number of amides is 1. The Labute approximate surface area is 167 Å². The maximum Gasteiger partial charge on any atom is 0.290 e. The third-order valence-corrected chi connectivity index (χ3v) is 6.02. The minimum absolute atomic E-state index is 0.0925. The van der Waals surface area contributed by atoms with Gasteiger partial charge in [-0.2, -0.15) is 0 Å². The van der Waals surface area contributed by atoms with Gasteiger partial charge in [0, 0.05) is 18.7 Å². The number of thiophene rings is 1. The van der Waals surface area contributed by atoms with Crippen LogP contribution in [0.15, 0.2) is 53.1 Å². The number of hydrogen-bond acceptors (Lipinski definition) is 6. The van der Waals surface area contributed by atoms with Crippen LogP contribution >= 0.6 is 11.3 Å². The van der Waals surface area contributed by atoms with Gasteiger partial charge in [0.05, 0.1) is 29.7 Å². The fourth-order valence-electron chi connectivity index (χ4n) is 3.84. The number of ether oxygens (including phenoxy) is 2. The molecule has 2 aromatic rings. The van der Waals surface area contributed by atoms with Crippen molar-refractivity contribution in [2.75, 3.05) is 20.3 Å². The van der Waals surface area contributed by atoms with Crippen molar-refractivity contribution in [1.82, 2.24) is 4.90 Å². The predicted octanol–water partition coefficient (Wildman–Crippen LogP) is 3.51. The van der Waals surface area contributed by atoms with Crippen LogP contribution in [0.3, 0.4) is 0 Å². The number of rotatable bonds is 6. The van der Waals surface area contributed by atoms with Crippen molar-refractivity contribution >= 4 is 23.0 Å². The Morgan fingerprint density at radius 2 is 2.14 bits per heavy atom. The fourth-order valence-corrected chi connectivity index (χ4v) is 4.52. The molecule has 2 aliphatic rings. The zero-order chi connectivity index (χ0) is 19.7. The molecule has 3 heterocycles. The van der Waals surface area contributed by atoms with Gasteiger partial charge in [-0.05, 0) is 30.4 Å². The number of carbonyl (C=O) groups excluding carboxylic acids is 2. The summed E-state index contributed by atoms with van der Waals surface area (Å²) in [5.74, 6) is -0.825. The van der Waals surface area contributed by atoms with Crippen molar-refractivity contribution in [3.05, 3.63) is 63.6 Å². The first-order chi connectivity index (χ1) is 13.6. The largest absolute Gasteiger partial charge is 0.503 e. The molecule has 6 nitrogen and oxygen atoms in total. The van der Waals surface area contributed by atoms with Gasteiger partial charge < -0.3 is 19.5 Å². The molecule has 1 aromatic heterocycles. The molecule has 0 aliphatic carbocycles.